The largest absolute Gasteiger partial charge is 0.494 e. The first-order chi connectivity index (χ1) is 14.4. The van der Waals surface area contributed by atoms with Crippen molar-refractivity contribution in [2.24, 2.45) is 0 Å². The topological polar surface area (TPSA) is 84.9 Å². The zero-order valence-corrected chi connectivity index (χ0v) is 17.5. The predicted octanol–water partition coefficient (Wildman–Crippen LogP) is 2.71. The van der Waals surface area contributed by atoms with Gasteiger partial charge in [0.1, 0.15) is 18.1 Å². The van der Waals surface area contributed by atoms with Crippen LogP contribution >= 0.6 is 0 Å². The molecular formula is C21H25FN2O5S. The van der Waals surface area contributed by atoms with Gasteiger partial charge < -0.3 is 14.8 Å². The van der Waals surface area contributed by atoms with E-state index >= 15 is 0 Å². The van der Waals surface area contributed by atoms with E-state index in [1.165, 1.54) is 12.1 Å². The zero-order valence-electron chi connectivity index (χ0n) is 16.7. The molecule has 7 nitrogen and oxygen atoms in total. The zero-order chi connectivity index (χ0) is 21.6. The summed E-state index contributed by atoms with van der Waals surface area (Å²) in [6.07, 6.45) is 1.75. The summed E-state index contributed by atoms with van der Waals surface area (Å²) >= 11 is 0. The highest BCUT2D eigenvalue weighted by molar-refractivity contribution is 7.92. The summed E-state index contributed by atoms with van der Waals surface area (Å²) in [4.78, 5) is 12.4. The van der Waals surface area contributed by atoms with Crippen molar-refractivity contribution in [3.8, 4) is 5.75 Å². The van der Waals surface area contributed by atoms with Gasteiger partial charge in [0.15, 0.2) is 0 Å². The molecule has 1 heterocycles. The Morgan fingerprint density at radius 3 is 2.50 bits per heavy atom. The first kappa shape index (κ1) is 22.0. The van der Waals surface area contributed by atoms with Crippen molar-refractivity contribution in [2.45, 2.75) is 30.8 Å². The third-order valence-corrected chi connectivity index (χ3v) is 6.46. The molecule has 0 unspecified atom stereocenters. The number of rotatable bonds is 9. The third kappa shape index (κ3) is 5.48. The number of benzene rings is 2. The Bertz CT molecular complexity index is 942. The molecule has 3 rings (SSSR count). The maximum Gasteiger partial charge on any atom is 0.264 e. The Balaban J connectivity index is 1.83. The normalized spacial score (nSPS) is 16.3. The van der Waals surface area contributed by atoms with Gasteiger partial charge in [-0.05, 0) is 68.3 Å². The Hall–Kier alpha value is -2.65. The van der Waals surface area contributed by atoms with Gasteiger partial charge in [-0.1, -0.05) is 0 Å². The molecule has 1 aliphatic heterocycles. The molecule has 30 heavy (non-hydrogen) atoms. The molecule has 2 aromatic rings. The lowest BCUT2D eigenvalue weighted by Crippen LogP contribution is -2.42. The van der Waals surface area contributed by atoms with Gasteiger partial charge in [-0.15, -0.1) is 0 Å². The van der Waals surface area contributed by atoms with Gasteiger partial charge in [0.25, 0.3) is 10.0 Å². The van der Waals surface area contributed by atoms with E-state index < -0.39 is 28.3 Å². The van der Waals surface area contributed by atoms with Crippen molar-refractivity contribution in [2.75, 3.05) is 30.6 Å². The highest BCUT2D eigenvalue weighted by atomic mass is 32.2. The number of halogens is 1. The minimum absolute atomic E-state index is 0.0541. The van der Waals surface area contributed by atoms with Crippen LogP contribution in [-0.2, 0) is 19.6 Å². The number of hydrogen-bond acceptors (Lipinski definition) is 5. The van der Waals surface area contributed by atoms with Crippen LogP contribution in [0, 0.1) is 5.82 Å². The molecule has 162 valence electrons. The minimum atomic E-state index is -4.09. The maximum atomic E-state index is 13.3. The van der Waals surface area contributed by atoms with Gasteiger partial charge in [-0.2, -0.15) is 0 Å². The second-order valence-electron chi connectivity index (χ2n) is 6.83. The van der Waals surface area contributed by atoms with Gasteiger partial charge in [0.05, 0.1) is 23.3 Å². The van der Waals surface area contributed by atoms with Crippen LogP contribution in [0.4, 0.5) is 10.1 Å². The summed E-state index contributed by atoms with van der Waals surface area (Å²) in [6.45, 7) is 2.89. The van der Waals surface area contributed by atoms with E-state index in [4.69, 9.17) is 9.47 Å². The fourth-order valence-electron chi connectivity index (χ4n) is 3.14. The van der Waals surface area contributed by atoms with Crippen LogP contribution in [0.15, 0.2) is 53.4 Å². The van der Waals surface area contributed by atoms with Crippen LogP contribution in [0.1, 0.15) is 19.8 Å². The number of anilines is 1. The van der Waals surface area contributed by atoms with E-state index in [0.717, 1.165) is 29.3 Å². The summed E-state index contributed by atoms with van der Waals surface area (Å²) in [6, 6.07) is 10.9. The summed E-state index contributed by atoms with van der Waals surface area (Å²) in [5, 5.41) is 2.73. The molecule has 1 aliphatic rings. The molecule has 1 saturated heterocycles. The van der Waals surface area contributed by atoms with Crippen LogP contribution in [0.5, 0.6) is 5.75 Å². The number of carbonyl (C=O) groups excluding carboxylic acids is 1. The molecule has 0 aromatic heterocycles. The van der Waals surface area contributed by atoms with Gasteiger partial charge in [-0.3, -0.25) is 9.10 Å². The summed E-state index contributed by atoms with van der Waals surface area (Å²) in [5.74, 6) is -0.413. The molecule has 0 spiro atoms. The average molecular weight is 437 g/mol. The van der Waals surface area contributed by atoms with E-state index in [-0.39, 0.29) is 11.0 Å². The molecule has 1 N–H and O–H groups in total. The van der Waals surface area contributed by atoms with Crippen LogP contribution in [0.2, 0.25) is 0 Å². The number of carbonyl (C=O) groups is 1. The molecule has 1 atom stereocenters. The Kier molecular flexibility index (Phi) is 7.28. The van der Waals surface area contributed by atoms with Gasteiger partial charge >= 0.3 is 0 Å². The number of ether oxygens (including phenoxy) is 2. The van der Waals surface area contributed by atoms with E-state index in [1.54, 1.807) is 24.3 Å². The van der Waals surface area contributed by atoms with Crippen LogP contribution in [0.3, 0.4) is 0 Å². The van der Waals surface area contributed by atoms with E-state index in [0.29, 0.717) is 31.2 Å². The molecule has 9 heteroatoms. The Labute approximate surface area is 175 Å². The number of nitrogens with zero attached hydrogens (tertiary/aromatic N) is 1. The Morgan fingerprint density at radius 1 is 1.20 bits per heavy atom. The minimum Gasteiger partial charge on any atom is -0.494 e. The molecule has 1 amide bonds. The fraction of sp³-hybridized carbons (Fsp3) is 0.381. The molecule has 1 fully saturated rings. The van der Waals surface area contributed by atoms with E-state index in [1.807, 2.05) is 6.92 Å². The number of amides is 1. The van der Waals surface area contributed by atoms with Crippen molar-refractivity contribution >= 4 is 21.6 Å². The molecule has 0 radical (unpaired) electrons. The van der Waals surface area contributed by atoms with Crippen molar-refractivity contribution in [3.05, 3.63) is 54.3 Å². The molecule has 2 aromatic carbocycles. The monoisotopic (exact) mass is 436 g/mol. The summed E-state index contributed by atoms with van der Waals surface area (Å²) < 4.78 is 51.6. The first-order valence-electron chi connectivity index (χ1n) is 9.79. The van der Waals surface area contributed by atoms with Gasteiger partial charge in [0, 0.05) is 13.2 Å². The lowest BCUT2D eigenvalue weighted by molar-refractivity contribution is -0.120. The second kappa shape index (κ2) is 9.90. The van der Waals surface area contributed by atoms with Gasteiger partial charge in [0.2, 0.25) is 5.91 Å². The Morgan fingerprint density at radius 2 is 1.90 bits per heavy atom. The second-order valence-corrected chi connectivity index (χ2v) is 8.69. The SMILES string of the molecule is CCOc1ccc(N(CC(=O)NC[C@H]2CCCO2)S(=O)(=O)c2ccc(F)cc2)cc1. The predicted molar refractivity (Wildman–Crippen MR) is 111 cm³/mol. The van der Waals surface area contributed by atoms with Crippen molar-refractivity contribution in [1.82, 2.24) is 5.32 Å². The van der Waals surface area contributed by atoms with Crippen molar-refractivity contribution in [1.29, 1.82) is 0 Å². The van der Waals surface area contributed by atoms with Crippen LogP contribution in [0.25, 0.3) is 0 Å². The number of sulfonamides is 1. The standard InChI is InChI=1S/C21H25FN2O5S/c1-2-28-18-9-7-17(8-10-18)24(15-21(25)23-14-19-4-3-13-29-19)30(26,27)20-11-5-16(22)6-12-20/h5-12,19H,2-4,13-15H2,1H3,(H,23,25)/t19-/m1/s1. The summed E-state index contributed by atoms with van der Waals surface area (Å²) in [7, 11) is -4.09. The number of hydrogen-bond donors (Lipinski definition) is 1. The maximum absolute atomic E-state index is 13.3. The van der Waals surface area contributed by atoms with Crippen molar-refractivity contribution < 1.29 is 27.1 Å². The molecule has 0 saturated carbocycles. The highest BCUT2D eigenvalue weighted by Crippen LogP contribution is 2.26. The smallest absolute Gasteiger partial charge is 0.264 e. The summed E-state index contributed by atoms with van der Waals surface area (Å²) in [5.41, 5.74) is 0.301. The van der Waals surface area contributed by atoms with Crippen LogP contribution < -0.4 is 14.4 Å². The van der Waals surface area contributed by atoms with E-state index in [2.05, 4.69) is 5.32 Å². The van der Waals surface area contributed by atoms with E-state index in [9.17, 15) is 17.6 Å². The van der Waals surface area contributed by atoms with Gasteiger partial charge in [-0.25, -0.2) is 12.8 Å². The molecule has 0 aliphatic carbocycles. The highest BCUT2D eigenvalue weighted by Gasteiger charge is 2.28. The van der Waals surface area contributed by atoms with Crippen LogP contribution in [-0.4, -0.2) is 46.7 Å². The molecule has 0 bridgehead atoms. The van der Waals surface area contributed by atoms with Crippen molar-refractivity contribution in [3.63, 3.8) is 0 Å². The quantitative estimate of drug-likeness (QED) is 0.653. The lowest BCUT2D eigenvalue weighted by atomic mass is 10.2. The average Bonchev–Trinajstić information content (AvgIpc) is 3.25. The third-order valence-electron chi connectivity index (χ3n) is 4.68. The number of nitrogens with one attached hydrogen (secondary N) is 1. The molecular weight excluding hydrogens is 411 g/mol. The first-order valence-corrected chi connectivity index (χ1v) is 11.2. The fourth-order valence-corrected chi connectivity index (χ4v) is 4.56. The lowest BCUT2D eigenvalue weighted by Gasteiger charge is -2.24.